The van der Waals surface area contributed by atoms with Gasteiger partial charge in [-0.15, -0.1) is 10.2 Å². The summed E-state index contributed by atoms with van der Waals surface area (Å²) in [7, 11) is 3.26. The Morgan fingerprint density at radius 1 is 1.00 bits per heavy atom. The van der Waals surface area contributed by atoms with Crippen LogP contribution in [0.4, 0.5) is 0 Å². The van der Waals surface area contributed by atoms with Crippen molar-refractivity contribution in [2.45, 2.75) is 5.16 Å². The Hall–Kier alpha value is -2.87. The molecule has 8 heteroatoms. The van der Waals surface area contributed by atoms with Gasteiger partial charge in [-0.1, -0.05) is 11.8 Å². The van der Waals surface area contributed by atoms with E-state index >= 15 is 0 Å². The predicted molar refractivity (Wildman–Crippen MR) is 96.4 cm³/mol. The first-order chi connectivity index (χ1) is 12.2. The van der Waals surface area contributed by atoms with Crippen LogP contribution in [-0.2, 0) is 0 Å². The van der Waals surface area contributed by atoms with Crippen molar-refractivity contribution in [3.63, 3.8) is 0 Å². The third kappa shape index (κ3) is 2.64. The van der Waals surface area contributed by atoms with Crippen molar-refractivity contribution >= 4 is 28.4 Å². The first-order valence-electron chi connectivity index (χ1n) is 7.50. The van der Waals surface area contributed by atoms with Crippen molar-refractivity contribution in [1.82, 2.24) is 24.6 Å². The summed E-state index contributed by atoms with van der Waals surface area (Å²) in [6.45, 7) is 0. The minimum atomic E-state index is 0.707. The molecule has 0 atom stereocenters. The molecule has 0 unspecified atom stereocenters. The average molecular weight is 353 g/mol. The summed E-state index contributed by atoms with van der Waals surface area (Å²) in [4.78, 5) is 8.95. The van der Waals surface area contributed by atoms with Crippen LogP contribution in [0.1, 0.15) is 0 Å². The molecule has 3 heterocycles. The van der Waals surface area contributed by atoms with E-state index in [2.05, 4.69) is 20.2 Å². The molecule has 3 aromatic heterocycles. The van der Waals surface area contributed by atoms with E-state index in [9.17, 15) is 0 Å². The lowest BCUT2D eigenvalue weighted by Crippen LogP contribution is -1.97. The highest BCUT2D eigenvalue weighted by molar-refractivity contribution is 7.98. The summed E-state index contributed by atoms with van der Waals surface area (Å²) < 4.78 is 12.6. The van der Waals surface area contributed by atoms with Gasteiger partial charge < -0.3 is 9.47 Å². The highest BCUT2D eigenvalue weighted by Gasteiger charge is 2.14. The summed E-state index contributed by atoms with van der Waals surface area (Å²) in [5.41, 5.74) is 3.32. The number of methoxy groups -OCH3 is 2. The van der Waals surface area contributed by atoms with Crippen molar-refractivity contribution in [3.05, 3.63) is 36.8 Å². The van der Waals surface area contributed by atoms with Crippen LogP contribution >= 0.6 is 11.8 Å². The van der Waals surface area contributed by atoms with Crippen LogP contribution in [0, 0.1) is 0 Å². The maximum atomic E-state index is 5.38. The van der Waals surface area contributed by atoms with E-state index in [0.29, 0.717) is 22.3 Å². The van der Waals surface area contributed by atoms with Crippen LogP contribution in [0.2, 0.25) is 0 Å². The number of fused-ring (bicyclic) bond motifs is 3. The second-order valence-corrected chi connectivity index (χ2v) is 6.09. The lowest BCUT2D eigenvalue weighted by atomic mass is 10.0. The van der Waals surface area contributed by atoms with Gasteiger partial charge in [0, 0.05) is 23.2 Å². The van der Waals surface area contributed by atoms with Gasteiger partial charge in [0.05, 0.1) is 14.2 Å². The SMILES string of the molecule is COc1cc(OC)cc(-c2cc3cnc(SC)nc3n3cnnc23)c1. The molecule has 0 N–H and O–H groups in total. The Bertz CT molecular complexity index is 1060. The summed E-state index contributed by atoms with van der Waals surface area (Å²) >= 11 is 1.50. The number of ether oxygens (including phenoxy) is 2. The Morgan fingerprint density at radius 3 is 2.44 bits per heavy atom. The van der Waals surface area contributed by atoms with Crippen molar-refractivity contribution in [2.24, 2.45) is 0 Å². The summed E-state index contributed by atoms with van der Waals surface area (Å²) in [6, 6.07) is 7.72. The normalized spacial score (nSPS) is 11.2. The topological polar surface area (TPSA) is 74.4 Å². The lowest BCUT2D eigenvalue weighted by molar-refractivity contribution is 0.394. The van der Waals surface area contributed by atoms with E-state index in [-0.39, 0.29) is 0 Å². The summed E-state index contributed by atoms with van der Waals surface area (Å²) in [5.74, 6) is 1.42. The maximum Gasteiger partial charge on any atom is 0.189 e. The lowest BCUT2D eigenvalue weighted by Gasteiger charge is -2.11. The second kappa shape index (κ2) is 6.21. The van der Waals surface area contributed by atoms with Crippen LogP contribution in [0.3, 0.4) is 0 Å². The molecule has 0 radical (unpaired) electrons. The fourth-order valence-corrected chi connectivity index (χ4v) is 3.06. The zero-order chi connectivity index (χ0) is 17.4. The fourth-order valence-electron chi connectivity index (χ4n) is 2.73. The third-order valence-electron chi connectivity index (χ3n) is 3.94. The molecule has 0 saturated heterocycles. The number of rotatable bonds is 4. The van der Waals surface area contributed by atoms with Crippen molar-refractivity contribution in [3.8, 4) is 22.6 Å². The molecule has 0 aliphatic carbocycles. The van der Waals surface area contributed by atoms with Crippen LogP contribution in [0.25, 0.3) is 27.8 Å². The number of benzene rings is 1. The van der Waals surface area contributed by atoms with Gasteiger partial charge in [0.15, 0.2) is 16.5 Å². The molecular formula is C17H15N5O2S. The number of hydrogen-bond donors (Lipinski definition) is 0. The van der Waals surface area contributed by atoms with E-state index in [4.69, 9.17) is 9.47 Å². The van der Waals surface area contributed by atoms with Gasteiger partial charge in [-0.05, 0) is 30.0 Å². The molecule has 0 bridgehead atoms. The van der Waals surface area contributed by atoms with Gasteiger partial charge in [0.25, 0.3) is 0 Å². The van der Waals surface area contributed by atoms with Crippen molar-refractivity contribution in [1.29, 1.82) is 0 Å². The standard InChI is InChI=1S/C17H15N5O2S/c1-23-12-4-10(5-13(7-12)24-2)14-6-11-8-18-17(25-3)20-15(11)22-9-19-21-16(14)22/h4-9H,1-3H3. The minimum Gasteiger partial charge on any atom is -0.497 e. The van der Waals surface area contributed by atoms with E-state index in [1.165, 1.54) is 11.8 Å². The largest absolute Gasteiger partial charge is 0.497 e. The average Bonchev–Trinajstić information content (AvgIpc) is 3.16. The number of thioether (sulfide) groups is 1. The number of pyridine rings is 1. The molecular weight excluding hydrogens is 338 g/mol. The molecule has 126 valence electrons. The van der Waals surface area contributed by atoms with Gasteiger partial charge in [-0.25, -0.2) is 9.97 Å². The third-order valence-corrected chi connectivity index (χ3v) is 4.50. The van der Waals surface area contributed by atoms with Crippen molar-refractivity contribution < 1.29 is 9.47 Å². The Morgan fingerprint density at radius 2 is 1.76 bits per heavy atom. The minimum absolute atomic E-state index is 0.707. The monoisotopic (exact) mass is 353 g/mol. The van der Waals surface area contributed by atoms with E-state index < -0.39 is 0 Å². The molecule has 1 aromatic carbocycles. The first kappa shape index (κ1) is 15.6. The predicted octanol–water partition coefficient (Wildman–Crippen LogP) is 3.08. The first-order valence-corrected chi connectivity index (χ1v) is 8.73. The quantitative estimate of drug-likeness (QED) is 0.412. The van der Waals surface area contributed by atoms with Gasteiger partial charge in [-0.3, -0.25) is 4.40 Å². The zero-order valence-electron chi connectivity index (χ0n) is 13.9. The van der Waals surface area contributed by atoms with E-state index in [1.807, 2.05) is 41.1 Å². The molecule has 0 saturated carbocycles. The van der Waals surface area contributed by atoms with Gasteiger partial charge in [0.1, 0.15) is 17.8 Å². The Kier molecular flexibility index (Phi) is 3.89. The number of nitrogens with zero attached hydrogens (tertiary/aromatic N) is 5. The van der Waals surface area contributed by atoms with Crippen LogP contribution in [0.15, 0.2) is 41.9 Å². The molecule has 0 amide bonds. The molecule has 4 aromatic rings. The van der Waals surface area contributed by atoms with Gasteiger partial charge >= 0.3 is 0 Å². The van der Waals surface area contributed by atoms with E-state index in [1.54, 1.807) is 20.5 Å². The maximum absolute atomic E-state index is 5.38. The Labute approximate surface area is 148 Å². The number of hydrogen-bond acceptors (Lipinski definition) is 7. The van der Waals surface area contributed by atoms with Crippen LogP contribution in [-0.4, -0.2) is 45.0 Å². The molecule has 7 nitrogen and oxygen atoms in total. The van der Waals surface area contributed by atoms with Crippen molar-refractivity contribution in [2.75, 3.05) is 20.5 Å². The van der Waals surface area contributed by atoms with E-state index in [0.717, 1.165) is 22.2 Å². The highest BCUT2D eigenvalue weighted by atomic mass is 32.2. The summed E-state index contributed by atoms with van der Waals surface area (Å²) in [5, 5.41) is 9.95. The second-order valence-electron chi connectivity index (χ2n) is 5.32. The zero-order valence-corrected chi connectivity index (χ0v) is 14.7. The molecule has 0 fully saturated rings. The molecule has 0 aliphatic rings. The fraction of sp³-hybridized carbons (Fsp3) is 0.176. The van der Waals surface area contributed by atoms with Gasteiger partial charge in [-0.2, -0.15) is 0 Å². The molecule has 4 rings (SSSR count). The number of aromatic nitrogens is 5. The van der Waals surface area contributed by atoms with Crippen LogP contribution < -0.4 is 9.47 Å². The molecule has 0 aliphatic heterocycles. The highest BCUT2D eigenvalue weighted by Crippen LogP contribution is 2.33. The van der Waals surface area contributed by atoms with Crippen LogP contribution in [0.5, 0.6) is 11.5 Å². The smallest absolute Gasteiger partial charge is 0.189 e. The molecule has 0 spiro atoms. The summed E-state index contributed by atoms with van der Waals surface area (Å²) in [6.07, 6.45) is 5.42. The molecule has 25 heavy (non-hydrogen) atoms. The van der Waals surface area contributed by atoms with Gasteiger partial charge in [0.2, 0.25) is 0 Å². The Balaban J connectivity index is 2.03.